The van der Waals surface area contributed by atoms with Gasteiger partial charge in [0.1, 0.15) is 29.8 Å². The fourth-order valence-electron chi connectivity index (χ4n) is 3.49. The van der Waals surface area contributed by atoms with Crippen LogP contribution in [0.15, 0.2) is 36.9 Å². The van der Waals surface area contributed by atoms with Gasteiger partial charge in [0.05, 0.1) is 30.6 Å². The zero-order valence-electron chi connectivity index (χ0n) is 20.6. The molecule has 0 aliphatic heterocycles. The van der Waals surface area contributed by atoms with Crippen LogP contribution in [0.2, 0.25) is 0 Å². The number of carboxylic acids is 1. The monoisotopic (exact) mass is 554 g/mol. The molecule has 0 saturated carbocycles. The number of aromatic nitrogens is 4. The van der Waals surface area contributed by atoms with Gasteiger partial charge in [-0.3, -0.25) is 9.36 Å². The first-order chi connectivity index (χ1) is 17.6. The van der Waals surface area contributed by atoms with Gasteiger partial charge in [-0.2, -0.15) is 18.4 Å². The van der Waals surface area contributed by atoms with Gasteiger partial charge in [-0.05, 0) is 38.5 Å². The largest absolute Gasteiger partial charge is 0.480 e. The number of anilines is 1. The Hall–Kier alpha value is -3.57. The topological polar surface area (TPSA) is 181 Å². The number of nitriles is 1. The van der Waals surface area contributed by atoms with E-state index >= 15 is 0 Å². The summed E-state index contributed by atoms with van der Waals surface area (Å²) < 4.78 is 63.3. The summed E-state index contributed by atoms with van der Waals surface area (Å²) in [6.07, 6.45) is -3.73. The van der Waals surface area contributed by atoms with Gasteiger partial charge in [-0.1, -0.05) is 12.1 Å². The second-order valence-electron chi connectivity index (χ2n) is 9.05. The smallest absolute Gasteiger partial charge is 0.408 e. The molecular formula is C22H26F3N8O4P. The number of halogens is 3. The molecule has 0 fully saturated rings. The van der Waals surface area contributed by atoms with Gasteiger partial charge in [-0.25, -0.2) is 25.1 Å². The van der Waals surface area contributed by atoms with Gasteiger partial charge in [0, 0.05) is 0 Å². The fourth-order valence-corrected chi connectivity index (χ4v) is 5.87. The van der Waals surface area contributed by atoms with Crippen LogP contribution in [0, 0.1) is 11.3 Å². The number of fused-ring (bicyclic) bond motifs is 1. The minimum absolute atomic E-state index is 0.119. The van der Waals surface area contributed by atoms with Gasteiger partial charge in [-0.15, -0.1) is 0 Å². The Morgan fingerprint density at radius 2 is 1.92 bits per heavy atom. The Morgan fingerprint density at radius 1 is 1.26 bits per heavy atom. The average Bonchev–Trinajstić information content (AvgIpc) is 3.24. The van der Waals surface area contributed by atoms with E-state index < -0.39 is 43.6 Å². The molecule has 5 N–H and O–H groups in total. The van der Waals surface area contributed by atoms with Crippen molar-refractivity contribution in [3.63, 3.8) is 0 Å². The number of aliphatic carboxylic acids is 1. The maximum atomic E-state index is 14.1. The molecule has 0 amide bonds. The summed E-state index contributed by atoms with van der Waals surface area (Å²) in [7, 11) is -4.39. The van der Waals surface area contributed by atoms with Gasteiger partial charge in [0.25, 0.3) is 0 Å². The maximum Gasteiger partial charge on any atom is 0.408 e. The minimum Gasteiger partial charge on any atom is -0.480 e. The SMILES string of the molecule is C[C@H](Cn1cnc2c(N)ncnc21)OCP(=O)(N[C@@H](c1ccc(C#N)cc1)C(F)(F)F)NC(C)(C)C(=O)O. The lowest BCUT2D eigenvalue weighted by Gasteiger charge is -2.33. The van der Waals surface area contributed by atoms with Crippen LogP contribution in [0.5, 0.6) is 0 Å². The molecule has 0 saturated heterocycles. The van der Waals surface area contributed by atoms with Gasteiger partial charge < -0.3 is 20.1 Å². The molecule has 3 aromatic rings. The van der Waals surface area contributed by atoms with Crippen LogP contribution in [0.3, 0.4) is 0 Å². The standard InChI is InChI=1S/C22H26F3N8O4P/c1-13(9-33-11-30-16-18(27)28-10-29-19(16)33)37-12-38(36,32-21(2,3)20(34)35)31-17(22(23,24)25)15-6-4-14(8-26)5-7-15/h4-7,10-11,13,17H,9,12H2,1-3H3,(H,34,35)(H2,27,28,29)(H2,31,32,36)/t13-,17+,38?/m1/s1. The molecule has 0 aliphatic rings. The minimum atomic E-state index is -4.92. The van der Waals surface area contributed by atoms with E-state index in [0.29, 0.717) is 11.2 Å². The number of benzene rings is 1. The van der Waals surface area contributed by atoms with Crippen molar-refractivity contribution in [3.8, 4) is 6.07 Å². The number of nitrogens with one attached hydrogen (secondary N) is 2. The van der Waals surface area contributed by atoms with Crippen molar-refractivity contribution in [1.82, 2.24) is 29.7 Å². The van der Waals surface area contributed by atoms with Crippen molar-refractivity contribution in [1.29, 1.82) is 5.26 Å². The lowest BCUT2D eigenvalue weighted by atomic mass is 10.1. The number of hydrogen-bond donors (Lipinski definition) is 4. The van der Waals surface area contributed by atoms with Gasteiger partial charge in [0.2, 0.25) is 7.44 Å². The molecule has 2 aromatic heterocycles. The number of carbonyl (C=O) groups is 1. The van der Waals surface area contributed by atoms with Crippen LogP contribution in [-0.4, -0.2) is 54.8 Å². The van der Waals surface area contributed by atoms with Crippen LogP contribution in [0.1, 0.15) is 37.9 Å². The molecule has 0 spiro atoms. The number of hydrogen-bond acceptors (Lipinski definition) is 8. The molecule has 1 unspecified atom stereocenters. The first-order valence-electron chi connectivity index (χ1n) is 11.1. The van der Waals surface area contributed by atoms with Crippen LogP contribution >= 0.6 is 7.44 Å². The summed E-state index contributed by atoms with van der Waals surface area (Å²) in [6, 6.07) is 3.91. The van der Waals surface area contributed by atoms with E-state index in [1.54, 1.807) is 11.5 Å². The highest BCUT2D eigenvalue weighted by molar-refractivity contribution is 7.59. The van der Waals surface area contributed by atoms with Crippen molar-refractivity contribution in [2.75, 3.05) is 12.1 Å². The normalized spacial score (nSPS) is 15.5. The molecule has 38 heavy (non-hydrogen) atoms. The number of carboxylic acid groups (broad SMARTS) is 1. The molecule has 3 rings (SSSR count). The summed E-state index contributed by atoms with van der Waals surface area (Å²) in [5.74, 6) is -1.27. The molecule has 0 aliphatic carbocycles. The van der Waals surface area contributed by atoms with Crippen LogP contribution in [0.25, 0.3) is 11.2 Å². The predicted octanol–water partition coefficient (Wildman–Crippen LogP) is 3.18. The van der Waals surface area contributed by atoms with Crippen molar-refractivity contribution in [2.45, 2.75) is 51.2 Å². The Labute approximate surface area is 215 Å². The summed E-state index contributed by atoms with van der Waals surface area (Å²) in [5, 5.41) is 22.9. The van der Waals surface area contributed by atoms with Crippen molar-refractivity contribution in [3.05, 3.63) is 48.0 Å². The van der Waals surface area contributed by atoms with E-state index in [1.807, 2.05) is 6.07 Å². The van der Waals surface area contributed by atoms with Crippen molar-refractivity contribution < 1.29 is 32.4 Å². The number of rotatable bonds is 11. The molecule has 3 atom stereocenters. The zero-order chi connectivity index (χ0) is 28.3. The lowest BCUT2D eigenvalue weighted by Crippen LogP contribution is -2.49. The Balaban J connectivity index is 1.86. The fraction of sp³-hybridized carbons (Fsp3) is 0.409. The molecular weight excluding hydrogens is 528 g/mol. The Bertz CT molecular complexity index is 1390. The number of alkyl halides is 3. The van der Waals surface area contributed by atoms with E-state index in [1.165, 1.54) is 38.6 Å². The van der Waals surface area contributed by atoms with E-state index in [2.05, 4.69) is 25.1 Å². The Kier molecular flexibility index (Phi) is 8.42. The lowest BCUT2D eigenvalue weighted by molar-refractivity contribution is -0.153. The summed E-state index contributed by atoms with van der Waals surface area (Å²) >= 11 is 0. The van der Waals surface area contributed by atoms with Crippen LogP contribution < -0.4 is 15.9 Å². The summed E-state index contributed by atoms with van der Waals surface area (Å²) in [4.78, 5) is 23.8. The third-order valence-electron chi connectivity index (χ3n) is 5.46. The quantitative estimate of drug-likeness (QED) is 0.256. The highest BCUT2D eigenvalue weighted by Gasteiger charge is 2.46. The number of nitrogens with zero attached hydrogens (tertiary/aromatic N) is 5. The molecule has 0 radical (unpaired) electrons. The first-order valence-corrected chi connectivity index (χ1v) is 13.0. The molecule has 204 valence electrons. The van der Waals surface area contributed by atoms with Crippen LogP contribution in [0.4, 0.5) is 19.0 Å². The molecule has 12 nitrogen and oxygen atoms in total. The summed E-state index contributed by atoms with van der Waals surface area (Å²) in [5.41, 5.74) is 4.48. The Morgan fingerprint density at radius 3 is 2.50 bits per heavy atom. The van der Waals surface area contributed by atoms with Crippen LogP contribution in [-0.2, 0) is 20.6 Å². The third kappa shape index (κ3) is 6.84. The third-order valence-corrected chi connectivity index (χ3v) is 7.57. The first kappa shape index (κ1) is 29.0. The van der Waals surface area contributed by atoms with Gasteiger partial charge >= 0.3 is 12.1 Å². The predicted molar refractivity (Wildman–Crippen MR) is 131 cm³/mol. The zero-order valence-corrected chi connectivity index (χ0v) is 21.5. The van der Waals surface area contributed by atoms with E-state index in [9.17, 15) is 27.6 Å². The van der Waals surface area contributed by atoms with Crippen molar-refractivity contribution in [2.24, 2.45) is 0 Å². The van der Waals surface area contributed by atoms with E-state index in [0.717, 1.165) is 12.1 Å². The average molecular weight is 554 g/mol. The number of nitrogens with two attached hydrogens (primary N) is 1. The van der Waals surface area contributed by atoms with E-state index in [4.69, 9.17) is 15.7 Å². The second-order valence-corrected chi connectivity index (χ2v) is 11.3. The summed E-state index contributed by atoms with van der Waals surface area (Å²) in [6.45, 7) is 4.04. The number of ether oxygens (including phenoxy) is 1. The number of nitrogen functional groups attached to an aromatic ring is 1. The second kappa shape index (κ2) is 11.0. The molecule has 0 bridgehead atoms. The highest BCUT2D eigenvalue weighted by atomic mass is 31.2. The molecule has 2 heterocycles. The highest BCUT2D eigenvalue weighted by Crippen LogP contribution is 2.46. The number of imidazole rings is 1. The van der Waals surface area contributed by atoms with Crippen molar-refractivity contribution >= 4 is 30.4 Å². The molecule has 16 heteroatoms. The maximum absolute atomic E-state index is 14.1. The van der Waals surface area contributed by atoms with Gasteiger partial charge in [0.15, 0.2) is 11.5 Å². The van der Waals surface area contributed by atoms with E-state index in [-0.39, 0.29) is 23.5 Å². The molecule has 1 aromatic carbocycles.